The summed E-state index contributed by atoms with van der Waals surface area (Å²) in [7, 11) is 0. The second-order valence-electron chi connectivity index (χ2n) is 6.88. The minimum Gasteiger partial charge on any atom is -0.469 e. The lowest BCUT2D eigenvalue weighted by atomic mass is 9.50. The van der Waals surface area contributed by atoms with Crippen molar-refractivity contribution in [3.8, 4) is 0 Å². The first-order valence-corrected chi connectivity index (χ1v) is 8.01. The molecule has 2 bridgehead atoms. The van der Waals surface area contributed by atoms with Crippen molar-refractivity contribution in [2.75, 3.05) is 0 Å². The van der Waals surface area contributed by atoms with E-state index in [4.69, 9.17) is 4.42 Å². The fourth-order valence-electron chi connectivity index (χ4n) is 5.23. The molecule has 3 aliphatic carbocycles. The van der Waals surface area contributed by atoms with Gasteiger partial charge in [0.05, 0.1) is 11.9 Å². The fourth-order valence-corrected chi connectivity index (χ4v) is 5.23. The Hall–Kier alpha value is -1.09. The van der Waals surface area contributed by atoms with Crippen LogP contribution < -0.4 is 0 Å². The molecule has 108 valence electrons. The molecule has 3 heteroatoms. The Morgan fingerprint density at radius 2 is 2.10 bits per heavy atom. The largest absolute Gasteiger partial charge is 0.469 e. The van der Waals surface area contributed by atoms with E-state index < -0.39 is 5.60 Å². The van der Waals surface area contributed by atoms with E-state index in [9.17, 15) is 9.90 Å². The van der Waals surface area contributed by atoms with Crippen LogP contribution in [0.25, 0.3) is 0 Å². The summed E-state index contributed by atoms with van der Waals surface area (Å²) in [5.41, 5.74) is -0.774. The number of Topliss-reactive ketones (excluding diaryl/α,β-unsaturated/α-hetero) is 1. The van der Waals surface area contributed by atoms with Crippen molar-refractivity contribution in [1.29, 1.82) is 0 Å². The van der Waals surface area contributed by atoms with Gasteiger partial charge in [-0.3, -0.25) is 4.79 Å². The molecule has 4 rings (SSSR count). The van der Waals surface area contributed by atoms with Crippen LogP contribution in [0.3, 0.4) is 0 Å². The van der Waals surface area contributed by atoms with Crippen molar-refractivity contribution < 1.29 is 14.3 Å². The molecule has 0 unspecified atom stereocenters. The van der Waals surface area contributed by atoms with Crippen LogP contribution in [0.1, 0.15) is 56.6 Å². The van der Waals surface area contributed by atoms with Gasteiger partial charge in [-0.2, -0.15) is 0 Å². The van der Waals surface area contributed by atoms with Crippen LogP contribution in [-0.2, 0) is 4.79 Å². The summed E-state index contributed by atoms with van der Waals surface area (Å²) in [6.07, 6.45) is 8.63. The van der Waals surface area contributed by atoms with Gasteiger partial charge in [0.15, 0.2) is 0 Å². The number of hydrogen-bond donors (Lipinski definition) is 1. The number of hydrogen-bond acceptors (Lipinski definition) is 3. The Morgan fingerprint density at radius 3 is 2.90 bits per heavy atom. The number of carbonyl (C=O) groups excluding carboxylic acids is 1. The molecule has 3 saturated carbocycles. The van der Waals surface area contributed by atoms with Crippen LogP contribution >= 0.6 is 0 Å². The van der Waals surface area contributed by atoms with Crippen LogP contribution in [-0.4, -0.2) is 16.5 Å². The summed E-state index contributed by atoms with van der Waals surface area (Å²) in [5, 5.41) is 11.3. The minimum absolute atomic E-state index is 0.0725. The SMILES string of the molecule is O=C1[C@H]2CCC[C@H]1[C@@]1(O)CCCC[C@@H]1[C@H]2c1ccco1. The monoisotopic (exact) mass is 274 g/mol. The van der Waals surface area contributed by atoms with E-state index >= 15 is 0 Å². The van der Waals surface area contributed by atoms with Crippen molar-refractivity contribution >= 4 is 5.78 Å². The minimum atomic E-state index is -0.774. The van der Waals surface area contributed by atoms with E-state index in [2.05, 4.69) is 0 Å². The predicted molar refractivity (Wildman–Crippen MR) is 74.2 cm³/mol. The summed E-state index contributed by atoms with van der Waals surface area (Å²) < 4.78 is 5.64. The lowest BCUT2D eigenvalue weighted by Gasteiger charge is -2.55. The Labute approximate surface area is 119 Å². The lowest BCUT2D eigenvalue weighted by Crippen LogP contribution is -2.60. The highest BCUT2D eigenvalue weighted by atomic mass is 16.3. The molecule has 0 saturated heterocycles. The fraction of sp³-hybridized carbons (Fsp3) is 0.706. The van der Waals surface area contributed by atoms with Crippen LogP contribution in [0.5, 0.6) is 0 Å². The highest BCUT2D eigenvalue weighted by molar-refractivity contribution is 5.87. The third-order valence-corrected chi connectivity index (χ3v) is 6.04. The van der Waals surface area contributed by atoms with Gasteiger partial charge in [0.25, 0.3) is 0 Å². The zero-order chi connectivity index (χ0) is 13.7. The molecule has 1 N–H and O–H groups in total. The molecular weight excluding hydrogens is 252 g/mol. The smallest absolute Gasteiger partial charge is 0.142 e. The van der Waals surface area contributed by atoms with Gasteiger partial charge in [0.2, 0.25) is 0 Å². The quantitative estimate of drug-likeness (QED) is 0.855. The summed E-state index contributed by atoms with van der Waals surface area (Å²) in [6.45, 7) is 0. The summed E-state index contributed by atoms with van der Waals surface area (Å²) in [4.78, 5) is 12.8. The number of carbonyl (C=O) groups is 1. The molecule has 5 atom stereocenters. The molecule has 20 heavy (non-hydrogen) atoms. The number of rotatable bonds is 1. The molecule has 0 aromatic carbocycles. The van der Waals surface area contributed by atoms with Crippen LogP contribution in [0.15, 0.2) is 22.8 Å². The first kappa shape index (κ1) is 12.6. The average molecular weight is 274 g/mol. The zero-order valence-corrected chi connectivity index (χ0v) is 11.8. The van der Waals surface area contributed by atoms with Gasteiger partial charge >= 0.3 is 0 Å². The zero-order valence-electron chi connectivity index (χ0n) is 11.8. The molecule has 0 amide bonds. The summed E-state index contributed by atoms with van der Waals surface area (Å²) in [5.74, 6) is 1.48. The highest BCUT2D eigenvalue weighted by Crippen LogP contribution is 2.58. The molecule has 1 aromatic heterocycles. The van der Waals surface area contributed by atoms with Gasteiger partial charge in [-0.1, -0.05) is 19.3 Å². The van der Waals surface area contributed by atoms with E-state index in [0.717, 1.165) is 50.7 Å². The van der Waals surface area contributed by atoms with Crippen LogP contribution in [0.2, 0.25) is 0 Å². The van der Waals surface area contributed by atoms with Gasteiger partial charge < -0.3 is 9.52 Å². The third-order valence-electron chi connectivity index (χ3n) is 6.04. The van der Waals surface area contributed by atoms with E-state index in [1.807, 2.05) is 12.1 Å². The standard InChI is InChI=1S/C17H22O3/c18-16-11-5-3-7-13(16)17(19)9-2-1-6-12(17)15(11)14-8-4-10-20-14/h4,8,10-13,15,19H,1-3,5-7,9H2/t11-,12+,13+,15-,17+/m0/s1. The van der Waals surface area contributed by atoms with Crippen molar-refractivity contribution in [3.05, 3.63) is 24.2 Å². The molecule has 0 aliphatic heterocycles. The maximum atomic E-state index is 12.8. The van der Waals surface area contributed by atoms with E-state index in [1.54, 1.807) is 6.26 Å². The Bertz CT molecular complexity index is 506. The van der Waals surface area contributed by atoms with Gasteiger partial charge in [0, 0.05) is 17.8 Å². The van der Waals surface area contributed by atoms with Crippen molar-refractivity contribution in [3.63, 3.8) is 0 Å². The number of ketones is 1. The van der Waals surface area contributed by atoms with Gasteiger partial charge in [0.1, 0.15) is 11.5 Å². The second-order valence-corrected chi connectivity index (χ2v) is 6.88. The molecule has 3 nitrogen and oxygen atoms in total. The Balaban J connectivity index is 1.82. The molecule has 1 aromatic rings. The Morgan fingerprint density at radius 1 is 1.20 bits per heavy atom. The number of aliphatic hydroxyl groups is 1. The first-order chi connectivity index (χ1) is 9.72. The van der Waals surface area contributed by atoms with Gasteiger partial charge in [-0.05, 0) is 43.7 Å². The number of fused-ring (bicyclic) bond motifs is 4. The third kappa shape index (κ3) is 1.59. The number of furan rings is 1. The first-order valence-electron chi connectivity index (χ1n) is 8.01. The van der Waals surface area contributed by atoms with Crippen molar-refractivity contribution in [1.82, 2.24) is 0 Å². The maximum absolute atomic E-state index is 12.8. The average Bonchev–Trinajstić information content (AvgIpc) is 2.95. The maximum Gasteiger partial charge on any atom is 0.142 e. The van der Waals surface area contributed by atoms with Crippen molar-refractivity contribution in [2.24, 2.45) is 17.8 Å². The summed E-state index contributed by atoms with van der Waals surface area (Å²) >= 11 is 0. The molecule has 3 fully saturated rings. The second kappa shape index (κ2) is 4.45. The van der Waals surface area contributed by atoms with Crippen LogP contribution in [0, 0.1) is 17.8 Å². The lowest BCUT2D eigenvalue weighted by molar-refractivity contribution is -0.174. The molecule has 0 radical (unpaired) electrons. The van der Waals surface area contributed by atoms with Gasteiger partial charge in [-0.25, -0.2) is 0 Å². The van der Waals surface area contributed by atoms with E-state index in [0.29, 0.717) is 5.78 Å². The topological polar surface area (TPSA) is 50.4 Å². The normalized spacial score (nSPS) is 44.1. The summed E-state index contributed by atoms with van der Waals surface area (Å²) in [6, 6.07) is 3.89. The highest BCUT2D eigenvalue weighted by Gasteiger charge is 2.60. The molecule has 3 aliphatic rings. The predicted octanol–water partition coefficient (Wildman–Crippen LogP) is 3.28. The molecule has 0 spiro atoms. The van der Waals surface area contributed by atoms with Crippen LogP contribution in [0.4, 0.5) is 0 Å². The van der Waals surface area contributed by atoms with Crippen molar-refractivity contribution in [2.45, 2.75) is 56.5 Å². The van der Waals surface area contributed by atoms with Gasteiger partial charge in [-0.15, -0.1) is 0 Å². The van der Waals surface area contributed by atoms with E-state index in [1.165, 1.54) is 0 Å². The van der Waals surface area contributed by atoms with E-state index in [-0.39, 0.29) is 23.7 Å². The molecular formula is C17H22O3. The Kier molecular flexibility index (Phi) is 2.81. The molecule has 1 heterocycles.